The van der Waals surface area contributed by atoms with E-state index in [0.29, 0.717) is 52.3 Å². The minimum absolute atomic E-state index is 0.00479. The van der Waals surface area contributed by atoms with Gasteiger partial charge in [0.25, 0.3) is 0 Å². The number of nitrogens with one attached hydrogen (secondary N) is 2. The summed E-state index contributed by atoms with van der Waals surface area (Å²) < 4.78 is 30.6. The van der Waals surface area contributed by atoms with Gasteiger partial charge in [-0.2, -0.15) is 0 Å². The summed E-state index contributed by atoms with van der Waals surface area (Å²) in [5.74, 6) is -2.86. The first-order valence-electron chi connectivity index (χ1n) is 31.6. The fourth-order valence-corrected chi connectivity index (χ4v) is 6.63. The zero-order valence-corrected chi connectivity index (χ0v) is 59.3. The standard InChI is InChI=1S/C14H21NO3.C14H21NO2.C11H19N3O2.C11H23NO2.C10H19NO2.C9H17NO4/c1-14(2,3)9-18-13(17)12(15)8-10-4-6-11(16)7-5-10;1-14(2,3)10-17-13(16)12(15)9-11-7-5-4-6-8-11;1-11(2,3)6-16-10(15)9(12)4-8-5-13-7-14-8;1-6-8(2)9(12)10(13)14-7-11(3,4)5;1-10(2,3)7-13-9(12)8-5-4-6-11-8;1-9(2,3)5-14-8(13)6(10)4-7(11)12/h4-7,12,16H,8-9,15H2,1-3H3;4-8,12H,9-10,15H2,1-3H3;5,7,9H,4,6,12H2,1-3H3,(H,13,14);8-9H,6-7,12H2,1-5H3;8,11H,4-7H2,1-3H3;6H,4-5,10H2,1-3H3,(H,11,12). The smallest absolute Gasteiger partial charge is 0.323 e. The monoisotopic (exact) mass is 1300 g/mol. The second kappa shape index (κ2) is 42.7. The SMILES string of the molecule is CC(C)(C)COC(=O)C(N)CC(=O)O.CC(C)(C)COC(=O)C(N)Cc1ccc(O)cc1.CC(C)(C)COC(=O)C(N)Cc1ccccc1.CC(C)(C)COC(=O)C(N)Cc1cnc[nH]1.CC(C)(C)COC(=O)C1CCCN1.CCC(C)C(N)C(=O)OCC(C)(C)C. The van der Waals surface area contributed by atoms with Crippen molar-refractivity contribution >= 4 is 41.8 Å². The first-order chi connectivity index (χ1) is 42.0. The number of imidazole rings is 1. The summed E-state index contributed by atoms with van der Waals surface area (Å²) in [4.78, 5) is 85.8. The molecule has 1 fully saturated rings. The lowest BCUT2D eigenvalue weighted by Gasteiger charge is -2.21. The number of ether oxygens (including phenoxy) is 6. The predicted molar refractivity (Wildman–Crippen MR) is 359 cm³/mol. The van der Waals surface area contributed by atoms with Crippen molar-refractivity contribution in [3.8, 4) is 5.75 Å². The number of nitrogens with two attached hydrogens (primary N) is 5. The third kappa shape index (κ3) is 49.2. The molecule has 92 heavy (non-hydrogen) atoms. The average molecular weight is 1300 g/mol. The van der Waals surface area contributed by atoms with Crippen LogP contribution < -0.4 is 34.0 Å². The summed E-state index contributed by atoms with van der Waals surface area (Å²) in [7, 11) is 0. The van der Waals surface area contributed by atoms with Crippen LogP contribution in [0.15, 0.2) is 67.1 Å². The van der Waals surface area contributed by atoms with Gasteiger partial charge < -0.3 is 77.6 Å². The molecule has 0 amide bonds. The van der Waals surface area contributed by atoms with Crippen LogP contribution in [0.3, 0.4) is 0 Å². The van der Waals surface area contributed by atoms with Gasteiger partial charge in [0, 0.05) is 18.3 Å². The molecule has 4 rings (SSSR count). The number of benzene rings is 2. The number of hydrogen-bond donors (Lipinski definition) is 9. The second-order valence-corrected chi connectivity index (χ2v) is 30.4. The summed E-state index contributed by atoms with van der Waals surface area (Å²) in [6, 6.07) is 12.8. The molecule has 23 nitrogen and oxygen atoms in total. The summed E-state index contributed by atoms with van der Waals surface area (Å²) in [6.07, 6.45) is 7.04. The molecule has 0 saturated carbocycles. The number of carboxylic acids is 1. The maximum absolute atomic E-state index is 11.7. The maximum Gasteiger partial charge on any atom is 0.323 e. The summed E-state index contributed by atoms with van der Waals surface area (Å²) >= 11 is 0. The Kier molecular flexibility index (Phi) is 40.6. The van der Waals surface area contributed by atoms with Crippen LogP contribution in [0.2, 0.25) is 0 Å². The fourth-order valence-electron chi connectivity index (χ4n) is 6.63. The van der Waals surface area contributed by atoms with Gasteiger partial charge in [0.2, 0.25) is 0 Å². The molecule has 2 aromatic carbocycles. The second-order valence-electron chi connectivity index (χ2n) is 30.4. The lowest BCUT2D eigenvalue weighted by atomic mass is 9.98. The van der Waals surface area contributed by atoms with E-state index in [1.54, 1.807) is 36.8 Å². The highest BCUT2D eigenvalue weighted by molar-refractivity contribution is 5.82. The van der Waals surface area contributed by atoms with E-state index >= 15 is 0 Å². The molecule has 0 radical (unpaired) electrons. The van der Waals surface area contributed by atoms with E-state index in [2.05, 4.69) is 36.1 Å². The average Bonchev–Trinajstić information content (AvgIpc) is 1.88. The van der Waals surface area contributed by atoms with Crippen LogP contribution in [-0.4, -0.2) is 144 Å². The highest BCUT2D eigenvalue weighted by Gasteiger charge is 2.27. The van der Waals surface area contributed by atoms with Gasteiger partial charge in [-0.15, -0.1) is 0 Å². The van der Waals surface area contributed by atoms with E-state index in [1.807, 2.05) is 148 Å². The van der Waals surface area contributed by atoms with Crippen molar-refractivity contribution in [2.45, 2.75) is 220 Å². The van der Waals surface area contributed by atoms with E-state index in [9.17, 15) is 33.6 Å². The molecule has 1 aliphatic heterocycles. The van der Waals surface area contributed by atoms with Gasteiger partial charge in [-0.1, -0.05) is 187 Å². The molecule has 2 heterocycles. The van der Waals surface area contributed by atoms with E-state index in [1.165, 1.54) is 0 Å². The summed E-state index contributed by atoms with van der Waals surface area (Å²) in [5, 5.41) is 20.6. The Bertz CT molecular complexity index is 2550. The Labute approximate surface area is 549 Å². The van der Waals surface area contributed by atoms with Crippen LogP contribution in [0.25, 0.3) is 0 Å². The van der Waals surface area contributed by atoms with Crippen molar-refractivity contribution in [1.82, 2.24) is 15.3 Å². The van der Waals surface area contributed by atoms with Crippen LogP contribution in [0.4, 0.5) is 0 Å². The number of carbonyl (C=O) groups excluding carboxylic acids is 6. The van der Waals surface area contributed by atoms with Crippen molar-refractivity contribution in [1.29, 1.82) is 0 Å². The number of carbonyl (C=O) groups is 7. The Morgan fingerprint density at radius 2 is 0.880 bits per heavy atom. The van der Waals surface area contributed by atoms with Crippen molar-refractivity contribution in [3.05, 3.63) is 83.9 Å². The van der Waals surface area contributed by atoms with Crippen LogP contribution in [0.5, 0.6) is 5.75 Å². The zero-order chi connectivity index (χ0) is 71.4. The molecule has 0 spiro atoms. The third-order valence-corrected chi connectivity index (χ3v) is 12.0. The number of rotatable bonds is 22. The summed E-state index contributed by atoms with van der Waals surface area (Å²) in [6.45, 7) is 43.2. The maximum atomic E-state index is 11.7. The van der Waals surface area contributed by atoms with Gasteiger partial charge in [-0.25, -0.2) is 4.98 Å². The van der Waals surface area contributed by atoms with E-state index in [4.69, 9.17) is 67.3 Å². The van der Waals surface area contributed by atoms with Gasteiger partial charge in [-0.3, -0.25) is 33.6 Å². The number of carboxylic acid groups (broad SMARTS) is 1. The molecule has 14 N–H and O–H groups in total. The molecule has 7 unspecified atom stereocenters. The lowest BCUT2D eigenvalue weighted by molar-refractivity contribution is -0.151. The first-order valence-corrected chi connectivity index (χ1v) is 31.6. The highest BCUT2D eigenvalue weighted by Crippen LogP contribution is 2.19. The van der Waals surface area contributed by atoms with E-state index in [-0.39, 0.29) is 80.7 Å². The molecule has 1 aromatic heterocycles. The van der Waals surface area contributed by atoms with Crippen molar-refractivity contribution in [2.24, 2.45) is 67.1 Å². The molecule has 7 atom stereocenters. The van der Waals surface area contributed by atoms with Crippen LogP contribution in [0, 0.1) is 38.4 Å². The number of aliphatic carboxylic acids is 1. The van der Waals surface area contributed by atoms with Crippen molar-refractivity contribution in [3.63, 3.8) is 0 Å². The van der Waals surface area contributed by atoms with Gasteiger partial charge in [0.15, 0.2) is 0 Å². The Morgan fingerprint density at radius 3 is 1.22 bits per heavy atom. The molecule has 0 aliphatic carbocycles. The molecule has 23 heteroatoms. The molecule has 3 aromatic rings. The van der Waals surface area contributed by atoms with Gasteiger partial charge in [-0.05, 0) is 93.9 Å². The summed E-state index contributed by atoms with van der Waals surface area (Å²) in [5.41, 5.74) is 30.9. The molecular formula is C69H120N8O15. The largest absolute Gasteiger partial charge is 0.508 e. The minimum Gasteiger partial charge on any atom is -0.508 e. The zero-order valence-electron chi connectivity index (χ0n) is 59.3. The molecule has 1 aliphatic rings. The van der Waals surface area contributed by atoms with Gasteiger partial charge >= 0.3 is 41.8 Å². The Morgan fingerprint density at radius 1 is 0.522 bits per heavy atom. The Hall–Kier alpha value is -6.50. The van der Waals surface area contributed by atoms with Gasteiger partial charge in [0.05, 0.1) is 52.4 Å². The third-order valence-electron chi connectivity index (χ3n) is 12.0. The first kappa shape index (κ1) is 87.6. The van der Waals surface area contributed by atoms with Crippen molar-refractivity contribution < 1.29 is 72.2 Å². The van der Waals surface area contributed by atoms with E-state index < -0.39 is 54.5 Å². The number of esters is 6. The quantitative estimate of drug-likeness (QED) is 0.0336. The Balaban J connectivity index is 0. The number of hydrogen-bond acceptors (Lipinski definition) is 21. The normalized spacial score (nSPS) is 15.1. The number of aromatic hydroxyl groups is 1. The highest BCUT2D eigenvalue weighted by atomic mass is 16.6. The number of phenolic OH excluding ortho intramolecular Hbond substituents is 1. The molecule has 1 saturated heterocycles. The van der Waals surface area contributed by atoms with E-state index in [0.717, 1.165) is 42.6 Å². The topological polar surface area (TPSA) is 386 Å². The van der Waals surface area contributed by atoms with Crippen LogP contribution in [-0.2, 0) is 81.2 Å². The predicted octanol–water partition coefficient (Wildman–Crippen LogP) is 8.52. The molecule has 526 valence electrons. The number of aromatic nitrogens is 2. The fraction of sp³-hybridized carbons (Fsp3) is 0.681. The lowest BCUT2D eigenvalue weighted by Crippen LogP contribution is -2.39. The molecule has 0 bridgehead atoms. The van der Waals surface area contributed by atoms with Gasteiger partial charge in [0.1, 0.15) is 42.0 Å². The minimum atomic E-state index is -1.11. The number of phenols is 1. The number of H-pyrrole nitrogens is 1. The van der Waals surface area contributed by atoms with Crippen LogP contribution >= 0.6 is 0 Å². The van der Waals surface area contributed by atoms with Crippen molar-refractivity contribution in [2.75, 3.05) is 46.2 Å². The molecular weight excluding hydrogens is 1180 g/mol. The number of aromatic amines is 1. The van der Waals surface area contributed by atoms with Crippen LogP contribution in [0.1, 0.15) is 181 Å². The number of nitrogens with zero attached hydrogens (tertiary/aromatic N) is 1.